The number of alkyl halides is 3. The lowest BCUT2D eigenvalue weighted by atomic mass is 10.1. The van der Waals surface area contributed by atoms with E-state index in [2.05, 4.69) is 0 Å². The summed E-state index contributed by atoms with van der Waals surface area (Å²) in [5.74, 6) is 0. The first-order valence-electron chi connectivity index (χ1n) is 3.77. The van der Waals surface area contributed by atoms with E-state index in [9.17, 15) is 0 Å². The number of rotatable bonds is 1. The Labute approximate surface area is 95.5 Å². The van der Waals surface area contributed by atoms with Crippen molar-refractivity contribution >= 4 is 46.1 Å². The summed E-state index contributed by atoms with van der Waals surface area (Å²) in [6.07, 6.45) is -0.0290. The van der Waals surface area contributed by atoms with Crippen molar-refractivity contribution in [2.75, 3.05) is 0 Å². The molecule has 0 spiro atoms. The van der Waals surface area contributed by atoms with Gasteiger partial charge in [0.05, 0.1) is 6.10 Å². The molecule has 0 N–H and O–H groups in total. The normalized spacial score (nSPS) is 33.4. The first-order chi connectivity index (χ1) is 5.98. The number of epoxide rings is 1. The zero-order chi connectivity index (χ0) is 9.69. The minimum absolute atomic E-state index is 0.0290. The molecule has 2 unspecified atom stereocenters. The van der Waals surface area contributed by atoms with Crippen molar-refractivity contribution in [3.8, 4) is 0 Å². The molecular formula is C8H7Cl3OS. The monoisotopic (exact) mass is 256 g/mol. The van der Waals surface area contributed by atoms with Gasteiger partial charge in [0.1, 0.15) is 0 Å². The van der Waals surface area contributed by atoms with Crippen molar-refractivity contribution in [3.05, 3.63) is 22.4 Å². The average molecular weight is 258 g/mol. The largest absolute Gasteiger partial charge is 0.356 e. The molecule has 1 nitrogen and oxygen atoms in total. The van der Waals surface area contributed by atoms with E-state index >= 15 is 0 Å². The Balaban J connectivity index is 2.40. The lowest BCUT2D eigenvalue weighted by Gasteiger charge is -2.19. The molecule has 5 heteroatoms. The Bertz CT molecular complexity index is 306. The molecule has 2 atom stereocenters. The van der Waals surface area contributed by atoms with Gasteiger partial charge in [-0.25, -0.2) is 0 Å². The summed E-state index contributed by atoms with van der Waals surface area (Å²) >= 11 is 19.2. The van der Waals surface area contributed by atoms with E-state index in [4.69, 9.17) is 39.5 Å². The molecule has 0 amide bonds. The molecule has 1 aliphatic rings. The molecule has 1 aromatic heterocycles. The van der Waals surface area contributed by atoms with E-state index in [1.54, 1.807) is 11.3 Å². The highest BCUT2D eigenvalue weighted by atomic mass is 35.6. The third kappa shape index (κ3) is 1.40. The summed E-state index contributed by atoms with van der Waals surface area (Å²) < 4.78 is 4.04. The first kappa shape index (κ1) is 10.1. The van der Waals surface area contributed by atoms with Crippen LogP contribution >= 0.6 is 46.1 Å². The molecule has 72 valence electrons. The molecule has 0 radical (unpaired) electrons. The van der Waals surface area contributed by atoms with Gasteiger partial charge in [-0.2, -0.15) is 0 Å². The maximum absolute atomic E-state index is 5.89. The fourth-order valence-electron chi connectivity index (χ4n) is 1.43. The molecule has 0 aromatic carbocycles. The van der Waals surface area contributed by atoms with Crippen molar-refractivity contribution in [2.45, 2.75) is 22.4 Å². The number of ether oxygens (including phenoxy) is 1. The molecule has 0 aliphatic carbocycles. The van der Waals surface area contributed by atoms with Crippen molar-refractivity contribution in [3.63, 3.8) is 0 Å². The van der Waals surface area contributed by atoms with Crippen LogP contribution in [0, 0.1) is 0 Å². The highest BCUT2D eigenvalue weighted by Gasteiger charge is 2.68. The van der Waals surface area contributed by atoms with Crippen LogP contribution in [-0.2, 0) is 10.3 Å². The van der Waals surface area contributed by atoms with Gasteiger partial charge in [-0.05, 0) is 18.4 Å². The fourth-order valence-corrected chi connectivity index (χ4v) is 3.50. The van der Waals surface area contributed by atoms with E-state index in [0.717, 1.165) is 4.88 Å². The van der Waals surface area contributed by atoms with Gasteiger partial charge in [0.25, 0.3) is 0 Å². The SMILES string of the molecule is CC1OC1(c1cccs1)C(Cl)(Cl)Cl. The Morgan fingerprint density at radius 1 is 1.54 bits per heavy atom. The van der Waals surface area contributed by atoms with Gasteiger partial charge in [0.15, 0.2) is 5.60 Å². The van der Waals surface area contributed by atoms with Crippen LogP contribution in [0.2, 0.25) is 0 Å². The maximum Gasteiger partial charge on any atom is 0.226 e. The maximum atomic E-state index is 5.89. The minimum Gasteiger partial charge on any atom is -0.356 e. The number of thiophene rings is 1. The van der Waals surface area contributed by atoms with Gasteiger partial charge in [0, 0.05) is 4.88 Å². The topological polar surface area (TPSA) is 12.5 Å². The summed E-state index contributed by atoms with van der Waals surface area (Å²) in [4.78, 5) is 0.972. The van der Waals surface area contributed by atoms with E-state index < -0.39 is 9.39 Å². The predicted molar refractivity (Wildman–Crippen MR) is 56.8 cm³/mol. The highest BCUT2D eigenvalue weighted by Crippen LogP contribution is 2.61. The standard InChI is InChI=1S/C8H7Cl3OS/c1-5-7(12-5,8(9,10)11)6-3-2-4-13-6/h2-5H,1H3. The van der Waals surface area contributed by atoms with Gasteiger partial charge < -0.3 is 4.74 Å². The molecule has 0 bridgehead atoms. The molecule has 1 aliphatic heterocycles. The lowest BCUT2D eigenvalue weighted by molar-refractivity contribution is 0.304. The van der Waals surface area contributed by atoms with Crippen LogP contribution in [0.5, 0.6) is 0 Å². The second-order valence-corrected chi connectivity index (χ2v) is 6.20. The van der Waals surface area contributed by atoms with E-state index in [1.807, 2.05) is 24.4 Å². The van der Waals surface area contributed by atoms with Crippen molar-refractivity contribution in [2.24, 2.45) is 0 Å². The summed E-state index contributed by atoms with van der Waals surface area (Å²) in [6, 6.07) is 3.85. The second-order valence-electron chi connectivity index (χ2n) is 2.97. The van der Waals surface area contributed by atoms with Crippen LogP contribution in [-0.4, -0.2) is 9.90 Å². The van der Waals surface area contributed by atoms with Crippen molar-refractivity contribution in [1.29, 1.82) is 0 Å². The molecule has 1 fully saturated rings. The fraction of sp³-hybridized carbons (Fsp3) is 0.500. The van der Waals surface area contributed by atoms with Gasteiger partial charge >= 0.3 is 0 Å². The van der Waals surface area contributed by atoms with Gasteiger partial charge in [0.2, 0.25) is 3.79 Å². The summed E-state index contributed by atoms with van der Waals surface area (Å²) in [5.41, 5.74) is -0.716. The van der Waals surface area contributed by atoms with E-state index in [0.29, 0.717) is 0 Å². The van der Waals surface area contributed by atoms with Gasteiger partial charge in [-0.1, -0.05) is 40.9 Å². The second kappa shape index (κ2) is 3.01. The Kier molecular flexibility index (Phi) is 2.33. The number of halogens is 3. The molecule has 1 saturated heterocycles. The Hall–Kier alpha value is 0.530. The summed E-state index contributed by atoms with van der Waals surface area (Å²) in [5, 5.41) is 1.95. The number of hydrogen-bond donors (Lipinski definition) is 0. The first-order valence-corrected chi connectivity index (χ1v) is 5.78. The highest BCUT2D eigenvalue weighted by molar-refractivity contribution is 7.10. The molecule has 2 rings (SSSR count). The van der Waals surface area contributed by atoms with Crippen molar-refractivity contribution in [1.82, 2.24) is 0 Å². The summed E-state index contributed by atoms with van der Waals surface area (Å²) in [7, 11) is 0. The van der Waals surface area contributed by atoms with Crippen LogP contribution in [0.4, 0.5) is 0 Å². The quantitative estimate of drug-likeness (QED) is 0.552. The average Bonchev–Trinajstić information content (AvgIpc) is 2.47. The zero-order valence-corrected chi connectivity index (χ0v) is 9.84. The lowest BCUT2D eigenvalue weighted by Crippen LogP contribution is -2.28. The molecular weight excluding hydrogens is 251 g/mol. The van der Waals surface area contributed by atoms with Crippen LogP contribution in [0.3, 0.4) is 0 Å². The summed E-state index contributed by atoms with van der Waals surface area (Å²) in [6.45, 7) is 1.90. The van der Waals surface area contributed by atoms with E-state index in [-0.39, 0.29) is 6.10 Å². The van der Waals surface area contributed by atoms with Crippen LogP contribution in [0.1, 0.15) is 11.8 Å². The Morgan fingerprint density at radius 2 is 2.15 bits per heavy atom. The third-order valence-corrected chi connectivity index (χ3v) is 4.02. The van der Waals surface area contributed by atoms with Crippen LogP contribution < -0.4 is 0 Å². The van der Waals surface area contributed by atoms with Crippen LogP contribution in [0.15, 0.2) is 17.5 Å². The molecule has 2 heterocycles. The third-order valence-electron chi connectivity index (χ3n) is 2.19. The van der Waals surface area contributed by atoms with E-state index in [1.165, 1.54) is 0 Å². The van der Waals surface area contributed by atoms with Crippen molar-refractivity contribution < 1.29 is 4.74 Å². The van der Waals surface area contributed by atoms with Crippen LogP contribution in [0.25, 0.3) is 0 Å². The van der Waals surface area contributed by atoms with Gasteiger partial charge in [-0.3, -0.25) is 0 Å². The zero-order valence-electron chi connectivity index (χ0n) is 6.76. The molecule has 0 saturated carbocycles. The predicted octanol–water partition coefficient (Wildman–Crippen LogP) is 3.73. The number of hydrogen-bond acceptors (Lipinski definition) is 2. The molecule has 13 heavy (non-hydrogen) atoms. The molecule has 1 aromatic rings. The minimum atomic E-state index is -1.39. The van der Waals surface area contributed by atoms with Gasteiger partial charge in [-0.15, -0.1) is 11.3 Å². The smallest absolute Gasteiger partial charge is 0.226 e. The Morgan fingerprint density at radius 3 is 2.46 bits per heavy atom.